The normalized spacial score (nSPS) is 14.1. The van der Waals surface area contributed by atoms with Crippen LogP contribution in [0.25, 0.3) is 0 Å². The molecule has 0 aromatic heterocycles. The third-order valence-corrected chi connectivity index (χ3v) is 17.3. The molecule has 0 bridgehead atoms. The van der Waals surface area contributed by atoms with Crippen molar-refractivity contribution < 1.29 is 80.2 Å². The molecule has 0 rings (SSSR count). The molecule has 0 spiro atoms. The molecule has 0 fully saturated rings. The molecule has 0 radical (unpaired) electrons. The summed E-state index contributed by atoms with van der Waals surface area (Å²) in [5, 5.41) is 10.5. The van der Waals surface area contributed by atoms with Crippen LogP contribution in [0.4, 0.5) is 0 Å². The van der Waals surface area contributed by atoms with Crippen LogP contribution < -0.4 is 0 Å². The molecule has 85 heavy (non-hydrogen) atoms. The van der Waals surface area contributed by atoms with E-state index < -0.39 is 97.5 Å². The van der Waals surface area contributed by atoms with Crippen LogP contribution in [-0.4, -0.2) is 96.7 Å². The molecule has 0 aliphatic carbocycles. The molecule has 0 saturated carbocycles. The second kappa shape index (κ2) is 60.9. The third-order valence-electron chi connectivity index (χ3n) is 15.4. The van der Waals surface area contributed by atoms with Gasteiger partial charge in [-0.1, -0.05) is 291 Å². The summed E-state index contributed by atoms with van der Waals surface area (Å²) in [6, 6.07) is 0. The van der Waals surface area contributed by atoms with Gasteiger partial charge in [-0.2, -0.15) is 0 Å². The van der Waals surface area contributed by atoms with Crippen LogP contribution in [0.2, 0.25) is 0 Å². The van der Waals surface area contributed by atoms with Crippen LogP contribution in [0.15, 0.2) is 0 Å². The molecule has 0 aromatic carbocycles. The van der Waals surface area contributed by atoms with Crippen molar-refractivity contribution in [3.05, 3.63) is 0 Å². The number of esters is 4. The lowest BCUT2D eigenvalue weighted by Gasteiger charge is -2.21. The highest BCUT2D eigenvalue weighted by Crippen LogP contribution is 2.45. The molecule has 5 atom stereocenters. The Balaban J connectivity index is 5.15. The number of phosphoric ester groups is 2. The number of rotatable bonds is 67. The minimum Gasteiger partial charge on any atom is -0.462 e. The van der Waals surface area contributed by atoms with Crippen molar-refractivity contribution in [3.63, 3.8) is 0 Å². The SMILES string of the molecule is CCCCCCCCCCCCCCCCCCCC(=O)O[C@H](COC(=O)CCCCCCCCCCCCCCCC)COP(=O)(O)OC[C@@H](O)COP(=O)(O)OC[C@@H](COC(=O)CCCCCCC)OC(=O)CCCCCCCCCCC. The zero-order valence-corrected chi connectivity index (χ0v) is 56.4. The second-order valence-electron chi connectivity index (χ2n) is 23.9. The summed E-state index contributed by atoms with van der Waals surface area (Å²) < 4.78 is 67.9. The van der Waals surface area contributed by atoms with E-state index in [2.05, 4.69) is 27.7 Å². The molecule has 0 amide bonds. The van der Waals surface area contributed by atoms with Crippen molar-refractivity contribution in [1.29, 1.82) is 0 Å². The molecular weight excluding hydrogens is 1130 g/mol. The van der Waals surface area contributed by atoms with Crippen molar-refractivity contribution >= 4 is 39.5 Å². The van der Waals surface area contributed by atoms with Gasteiger partial charge in [0.15, 0.2) is 12.2 Å². The van der Waals surface area contributed by atoms with E-state index in [-0.39, 0.29) is 25.7 Å². The van der Waals surface area contributed by atoms with Gasteiger partial charge in [0.25, 0.3) is 0 Å². The van der Waals surface area contributed by atoms with Crippen LogP contribution in [0.3, 0.4) is 0 Å². The Hall–Kier alpha value is -1.94. The highest BCUT2D eigenvalue weighted by molar-refractivity contribution is 7.47. The van der Waals surface area contributed by atoms with Gasteiger partial charge in [-0.3, -0.25) is 37.3 Å². The fourth-order valence-electron chi connectivity index (χ4n) is 9.99. The Bertz CT molecular complexity index is 1640. The lowest BCUT2D eigenvalue weighted by atomic mass is 10.0. The van der Waals surface area contributed by atoms with Crippen LogP contribution in [0, 0.1) is 0 Å². The van der Waals surface area contributed by atoms with Crippen molar-refractivity contribution in [3.8, 4) is 0 Å². The first-order chi connectivity index (χ1) is 41.2. The zero-order valence-electron chi connectivity index (χ0n) is 54.6. The van der Waals surface area contributed by atoms with Crippen LogP contribution >= 0.6 is 15.6 Å². The number of hydrogen-bond donors (Lipinski definition) is 3. The van der Waals surface area contributed by atoms with Crippen LogP contribution in [0.5, 0.6) is 0 Å². The lowest BCUT2D eigenvalue weighted by Crippen LogP contribution is -2.30. The number of unbranched alkanes of at least 4 members (excludes halogenated alkanes) is 41. The molecule has 19 heteroatoms. The molecule has 17 nitrogen and oxygen atoms in total. The fourth-order valence-corrected chi connectivity index (χ4v) is 11.6. The Labute approximate surface area is 517 Å². The summed E-state index contributed by atoms with van der Waals surface area (Å²) in [5.41, 5.74) is 0. The maximum atomic E-state index is 13.0. The number of carbonyl (C=O) groups excluding carboxylic acids is 4. The van der Waals surface area contributed by atoms with Crippen molar-refractivity contribution in [2.45, 2.75) is 361 Å². The summed E-state index contributed by atoms with van der Waals surface area (Å²) >= 11 is 0. The number of ether oxygens (including phenoxy) is 4. The Kier molecular flexibility index (Phi) is 59.6. The average molecular weight is 1260 g/mol. The van der Waals surface area contributed by atoms with E-state index in [1.54, 1.807) is 0 Å². The molecule has 0 heterocycles. The highest BCUT2D eigenvalue weighted by atomic mass is 31.2. The van der Waals surface area contributed by atoms with E-state index in [9.17, 15) is 43.2 Å². The summed E-state index contributed by atoms with van der Waals surface area (Å²) in [7, 11) is -9.88. The summed E-state index contributed by atoms with van der Waals surface area (Å²) in [4.78, 5) is 72.0. The first-order valence-corrected chi connectivity index (χ1v) is 37.8. The van der Waals surface area contributed by atoms with Gasteiger partial charge in [-0.05, 0) is 25.7 Å². The van der Waals surface area contributed by atoms with Gasteiger partial charge in [-0.25, -0.2) is 9.13 Å². The average Bonchev–Trinajstić information content (AvgIpc) is 3.52. The van der Waals surface area contributed by atoms with E-state index in [0.717, 1.165) is 96.3 Å². The van der Waals surface area contributed by atoms with Gasteiger partial charge >= 0.3 is 39.5 Å². The molecule has 2 unspecified atom stereocenters. The molecule has 0 saturated heterocycles. The number of aliphatic hydroxyl groups is 1. The summed E-state index contributed by atoms with van der Waals surface area (Å²) in [6.07, 6.45) is 47.6. The van der Waals surface area contributed by atoms with Crippen LogP contribution in [0.1, 0.15) is 342 Å². The second-order valence-corrected chi connectivity index (χ2v) is 26.8. The zero-order chi connectivity index (χ0) is 62.6. The van der Waals surface area contributed by atoms with Gasteiger partial charge < -0.3 is 33.8 Å². The summed E-state index contributed by atoms with van der Waals surface area (Å²) in [6.45, 7) is 4.81. The molecule has 0 aliphatic rings. The lowest BCUT2D eigenvalue weighted by molar-refractivity contribution is -0.161. The fraction of sp³-hybridized carbons (Fsp3) is 0.939. The van der Waals surface area contributed by atoms with E-state index in [4.69, 9.17) is 37.0 Å². The topological polar surface area (TPSA) is 237 Å². The first kappa shape index (κ1) is 83.1. The monoisotopic (exact) mass is 1250 g/mol. The van der Waals surface area contributed by atoms with Crippen molar-refractivity contribution in [2.24, 2.45) is 0 Å². The van der Waals surface area contributed by atoms with Crippen LogP contribution in [-0.2, 0) is 65.4 Å². The number of hydrogen-bond acceptors (Lipinski definition) is 15. The maximum Gasteiger partial charge on any atom is 0.472 e. The standard InChI is InChI=1S/C66H128O17P2/c1-5-9-13-17-20-23-25-27-29-30-31-33-35-38-41-45-49-53-66(71)83-62(57-77-64(69)51-47-43-39-37-34-32-28-26-24-21-18-14-10-6-2)59-81-85(74,75)79-55-60(67)54-78-84(72,73)80-58-61(56-76-63(68)50-46-42-16-12-8-4)82-65(70)52-48-44-40-36-22-19-15-11-7-3/h60-62,67H,5-59H2,1-4H3,(H,72,73)(H,74,75)/t60-,61+,62+/m0/s1. The molecule has 504 valence electrons. The summed E-state index contributed by atoms with van der Waals surface area (Å²) in [5.74, 6) is -2.14. The minimum absolute atomic E-state index is 0.105. The quantitative estimate of drug-likeness (QED) is 0.0222. The molecule has 0 aliphatic heterocycles. The Morgan fingerprint density at radius 3 is 0.694 bits per heavy atom. The smallest absolute Gasteiger partial charge is 0.462 e. The molecule has 3 N–H and O–H groups in total. The van der Waals surface area contributed by atoms with Gasteiger partial charge in [-0.15, -0.1) is 0 Å². The number of carbonyl (C=O) groups is 4. The largest absolute Gasteiger partial charge is 0.472 e. The van der Waals surface area contributed by atoms with Gasteiger partial charge in [0.05, 0.1) is 26.4 Å². The van der Waals surface area contributed by atoms with E-state index in [1.165, 1.54) is 167 Å². The van der Waals surface area contributed by atoms with Gasteiger partial charge in [0.1, 0.15) is 19.3 Å². The number of aliphatic hydroxyl groups excluding tert-OH is 1. The predicted octanol–water partition coefficient (Wildman–Crippen LogP) is 18.7. The minimum atomic E-state index is -4.94. The van der Waals surface area contributed by atoms with E-state index >= 15 is 0 Å². The van der Waals surface area contributed by atoms with Crippen molar-refractivity contribution in [2.75, 3.05) is 39.6 Å². The van der Waals surface area contributed by atoms with Gasteiger partial charge in [0, 0.05) is 25.7 Å². The van der Waals surface area contributed by atoms with Gasteiger partial charge in [0.2, 0.25) is 0 Å². The first-order valence-electron chi connectivity index (χ1n) is 34.8. The maximum absolute atomic E-state index is 13.0. The third kappa shape index (κ3) is 60.7. The Morgan fingerprint density at radius 2 is 0.471 bits per heavy atom. The van der Waals surface area contributed by atoms with E-state index in [1.807, 2.05) is 0 Å². The molecular formula is C66H128O17P2. The van der Waals surface area contributed by atoms with E-state index in [0.29, 0.717) is 25.7 Å². The number of phosphoric acid groups is 2. The highest BCUT2D eigenvalue weighted by Gasteiger charge is 2.30. The van der Waals surface area contributed by atoms with Crippen molar-refractivity contribution in [1.82, 2.24) is 0 Å². The predicted molar refractivity (Wildman–Crippen MR) is 340 cm³/mol. The molecule has 0 aromatic rings. The Morgan fingerprint density at radius 1 is 0.282 bits per heavy atom.